The molecule has 5 heteroatoms. The van der Waals surface area contributed by atoms with Crippen LogP contribution in [0.5, 0.6) is 5.75 Å². The molecule has 2 N–H and O–H groups in total. The molecule has 1 heterocycles. The van der Waals surface area contributed by atoms with E-state index in [4.69, 9.17) is 5.11 Å². The summed E-state index contributed by atoms with van der Waals surface area (Å²) in [5.41, 5.74) is 2.29. The number of hydrogen-bond donors (Lipinski definition) is 2. The van der Waals surface area contributed by atoms with Gasteiger partial charge in [-0.2, -0.15) is 0 Å². The average Bonchev–Trinajstić information content (AvgIpc) is 2.78. The standard InChI is InChI=1S/C15H12N2O3/c18-11-7-5-10(6-8-11)15-16-12-3-1-2-4-13(12)17(15)9-14(19)20/h1-8,18H,9H2,(H,19,20). The number of imidazole rings is 1. The largest absolute Gasteiger partial charge is 0.508 e. The summed E-state index contributed by atoms with van der Waals surface area (Å²) in [6.45, 7) is -0.156. The van der Waals surface area contributed by atoms with E-state index in [-0.39, 0.29) is 12.3 Å². The molecule has 0 atom stereocenters. The summed E-state index contributed by atoms with van der Waals surface area (Å²) in [5.74, 6) is -0.184. The molecule has 0 aliphatic heterocycles. The maximum absolute atomic E-state index is 11.1. The molecule has 0 amide bonds. The van der Waals surface area contributed by atoms with Crippen molar-refractivity contribution in [1.82, 2.24) is 9.55 Å². The third kappa shape index (κ3) is 2.09. The molecule has 1 aromatic heterocycles. The molecule has 0 spiro atoms. The number of fused-ring (bicyclic) bond motifs is 1. The molecule has 100 valence electrons. The average molecular weight is 268 g/mol. The van der Waals surface area contributed by atoms with E-state index in [0.29, 0.717) is 5.82 Å². The second-order valence-corrected chi connectivity index (χ2v) is 4.45. The van der Waals surface area contributed by atoms with Gasteiger partial charge in [0.1, 0.15) is 18.1 Å². The van der Waals surface area contributed by atoms with Gasteiger partial charge in [0, 0.05) is 5.56 Å². The molecule has 3 rings (SSSR count). The van der Waals surface area contributed by atoms with Crippen LogP contribution in [0, 0.1) is 0 Å². The van der Waals surface area contributed by atoms with Crippen LogP contribution in [0.2, 0.25) is 0 Å². The van der Waals surface area contributed by atoms with Crippen LogP contribution in [0.4, 0.5) is 0 Å². The van der Waals surface area contributed by atoms with Crippen molar-refractivity contribution >= 4 is 17.0 Å². The predicted molar refractivity (Wildman–Crippen MR) is 74.5 cm³/mol. The Bertz CT molecular complexity index is 775. The highest BCUT2D eigenvalue weighted by Gasteiger charge is 2.14. The molecule has 3 aromatic rings. The van der Waals surface area contributed by atoms with Crippen molar-refractivity contribution in [3.8, 4) is 17.1 Å². The molecule has 2 aromatic carbocycles. The third-order valence-electron chi connectivity index (χ3n) is 3.07. The van der Waals surface area contributed by atoms with Crippen molar-refractivity contribution in [2.45, 2.75) is 6.54 Å². The number of benzene rings is 2. The zero-order chi connectivity index (χ0) is 14.1. The topological polar surface area (TPSA) is 75.3 Å². The fourth-order valence-corrected chi connectivity index (χ4v) is 2.20. The lowest BCUT2D eigenvalue weighted by Crippen LogP contribution is -2.09. The summed E-state index contributed by atoms with van der Waals surface area (Å²) in [4.78, 5) is 15.5. The number of aromatic hydroxyl groups is 1. The Morgan fingerprint density at radius 1 is 1.10 bits per heavy atom. The summed E-state index contributed by atoms with van der Waals surface area (Å²) in [7, 11) is 0. The third-order valence-corrected chi connectivity index (χ3v) is 3.07. The fourth-order valence-electron chi connectivity index (χ4n) is 2.20. The number of hydrogen-bond acceptors (Lipinski definition) is 3. The van der Waals surface area contributed by atoms with Gasteiger partial charge >= 0.3 is 5.97 Å². The number of carboxylic acids is 1. The van der Waals surface area contributed by atoms with Crippen molar-refractivity contribution < 1.29 is 15.0 Å². The minimum Gasteiger partial charge on any atom is -0.508 e. The lowest BCUT2D eigenvalue weighted by molar-refractivity contribution is -0.137. The van der Waals surface area contributed by atoms with Crippen LogP contribution >= 0.6 is 0 Å². The monoisotopic (exact) mass is 268 g/mol. The summed E-state index contributed by atoms with van der Waals surface area (Å²) >= 11 is 0. The normalized spacial score (nSPS) is 10.8. The highest BCUT2D eigenvalue weighted by atomic mass is 16.4. The van der Waals surface area contributed by atoms with Crippen LogP contribution in [0.15, 0.2) is 48.5 Å². The molecular formula is C15H12N2O3. The molecule has 0 bridgehead atoms. The highest BCUT2D eigenvalue weighted by Crippen LogP contribution is 2.26. The van der Waals surface area contributed by atoms with E-state index in [1.165, 1.54) is 0 Å². The van der Waals surface area contributed by atoms with Crippen LogP contribution < -0.4 is 0 Å². The van der Waals surface area contributed by atoms with Gasteiger partial charge in [-0.1, -0.05) is 12.1 Å². The van der Waals surface area contributed by atoms with Gasteiger partial charge in [0.25, 0.3) is 0 Å². The van der Waals surface area contributed by atoms with Gasteiger partial charge in [0.05, 0.1) is 11.0 Å². The summed E-state index contributed by atoms with van der Waals surface area (Å²) in [6, 6.07) is 13.9. The maximum Gasteiger partial charge on any atom is 0.323 e. The minimum absolute atomic E-state index is 0.156. The van der Waals surface area contributed by atoms with E-state index in [1.807, 2.05) is 24.3 Å². The number of para-hydroxylation sites is 2. The number of phenols is 1. The van der Waals surface area contributed by atoms with Crippen molar-refractivity contribution in [2.75, 3.05) is 0 Å². The first-order chi connectivity index (χ1) is 9.65. The summed E-state index contributed by atoms with van der Waals surface area (Å²) < 4.78 is 1.66. The molecule has 0 aliphatic rings. The highest BCUT2D eigenvalue weighted by molar-refractivity contribution is 5.82. The number of aromatic nitrogens is 2. The fraction of sp³-hybridized carbons (Fsp3) is 0.0667. The molecule has 0 saturated carbocycles. The Morgan fingerprint density at radius 3 is 2.50 bits per heavy atom. The molecule has 5 nitrogen and oxygen atoms in total. The number of aliphatic carboxylic acids is 1. The number of rotatable bonds is 3. The molecule has 0 saturated heterocycles. The first-order valence-electron chi connectivity index (χ1n) is 6.11. The van der Waals surface area contributed by atoms with Gasteiger partial charge in [-0.05, 0) is 36.4 Å². The van der Waals surface area contributed by atoms with Crippen molar-refractivity contribution in [3.05, 3.63) is 48.5 Å². The Labute approximate surface area is 114 Å². The van der Waals surface area contributed by atoms with Gasteiger partial charge < -0.3 is 14.8 Å². The van der Waals surface area contributed by atoms with Crippen LogP contribution in [-0.2, 0) is 11.3 Å². The molecule has 20 heavy (non-hydrogen) atoms. The van der Waals surface area contributed by atoms with Crippen molar-refractivity contribution in [3.63, 3.8) is 0 Å². The van der Waals surface area contributed by atoms with E-state index in [0.717, 1.165) is 16.6 Å². The zero-order valence-corrected chi connectivity index (χ0v) is 10.5. The van der Waals surface area contributed by atoms with E-state index in [1.54, 1.807) is 28.8 Å². The molecule has 0 unspecified atom stereocenters. The predicted octanol–water partition coefficient (Wildman–Crippen LogP) is 2.49. The van der Waals surface area contributed by atoms with Gasteiger partial charge in [-0.3, -0.25) is 4.79 Å². The first kappa shape index (κ1) is 12.2. The molecule has 0 radical (unpaired) electrons. The minimum atomic E-state index is -0.923. The van der Waals surface area contributed by atoms with Crippen molar-refractivity contribution in [1.29, 1.82) is 0 Å². The Morgan fingerprint density at radius 2 is 1.80 bits per heavy atom. The van der Waals surface area contributed by atoms with E-state index in [9.17, 15) is 9.90 Å². The van der Waals surface area contributed by atoms with Crippen LogP contribution in [-0.4, -0.2) is 25.7 Å². The number of carbonyl (C=O) groups is 1. The summed E-state index contributed by atoms with van der Waals surface area (Å²) in [6.07, 6.45) is 0. The Kier molecular flexibility index (Phi) is 2.87. The Balaban J connectivity index is 2.23. The number of carboxylic acid groups (broad SMARTS) is 1. The molecule has 0 aliphatic carbocycles. The Hall–Kier alpha value is -2.82. The second kappa shape index (κ2) is 4.70. The maximum atomic E-state index is 11.1. The van der Waals surface area contributed by atoms with Crippen LogP contribution in [0.25, 0.3) is 22.4 Å². The zero-order valence-electron chi connectivity index (χ0n) is 10.5. The van der Waals surface area contributed by atoms with Crippen LogP contribution in [0.1, 0.15) is 0 Å². The second-order valence-electron chi connectivity index (χ2n) is 4.45. The van der Waals surface area contributed by atoms with Gasteiger partial charge in [-0.15, -0.1) is 0 Å². The lowest BCUT2D eigenvalue weighted by Gasteiger charge is -2.06. The van der Waals surface area contributed by atoms with Gasteiger partial charge in [0.15, 0.2) is 0 Å². The molecular weight excluding hydrogens is 256 g/mol. The van der Waals surface area contributed by atoms with Crippen LogP contribution in [0.3, 0.4) is 0 Å². The van der Waals surface area contributed by atoms with Crippen molar-refractivity contribution in [2.24, 2.45) is 0 Å². The molecule has 0 fully saturated rings. The van der Waals surface area contributed by atoms with E-state index < -0.39 is 5.97 Å². The smallest absolute Gasteiger partial charge is 0.323 e. The number of nitrogens with zero attached hydrogens (tertiary/aromatic N) is 2. The van der Waals surface area contributed by atoms with Gasteiger partial charge in [0.2, 0.25) is 0 Å². The number of phenolic OH excluding ortho intramolecular Hbond substituents is 1. The van der Waals surface area contributed by atoms with E-state index in [2.05, 4.69) is 4.98 Å². The lowest BCUT2D eigenvalue weighted by atomic mass is 10.2. The first-order valence-corrected chi connectivity index (χ1v) is 6.11. The van der Waals surface area contributed by atoms with Gasteiger partial charge in [-0.25, -0.2) is 4.98 Å². The quantitative estimate of drug-likeness (QED) is 0.765. The van der Waals surface area contributed by atoms with E-state index >= 15 is 0 Å². The summed E-state index contributed by atoms with van der Waals surface area (Å²) in [5, 5.41) is 18.4. The SMILES string of the molecule is O=C(O)Cn1c(-c2ccc(O)cc2)nc2ccccc21.